The second-order valence-corrected chi connectivity index (χ2v) is 10.7. The predicted octanol–water partition coefficient (Wildman–Crippen LogP) is 4.15. The summed E-state index contributed by atoms with van der Waals surface area (Å²) in [6, 6.07) is 0. The topological polar surface area (TPSA) is 27.7 Å². The van der Waals surface area contributed by atoms with Crippen molar-refractivity contribution in [3.63, 3.8) is 0 Å². The van der Waals surface area contributed by atoms with E-state index >= 15 is 0 Å². The molecule has 0 aromatic rings. The molecule has 19 heavy (non-hydrogen) atoms. The average molecular weight is 284 g/mol. The quantitative estimate of drug-likeness (QED) is 0.677. The molecular weight excluding hydrogens is 259 g/mol. The van der Waals surface area contributed by atoms with E-state index in [1.54, 1.807) is 0 Å². The van der Waals surface area contributed by atoms with Crippen LogP contribution in [0.1, 0.15) is 65.7 Å². The molecule has 5 aliphatic rings. The van der Waals surface area contributed by atoms with Crippen LogP contribution < -0.4 is 0 Å². The van der Waals surface area contributed by atoms with Gasteiger partial charge in [0.25, 0.3) is 0 Å². The summed E-state index contributed by atoms with van der Waals surface area (Å²) in [5.74, 6) is -0.405. The zero-order chi connectivity index (χ0) is 13.3. The van der Waals surface area contributed by atoms with Crippen LogP contribution in [0.3, 0.4) is 0 Å². The van der Waals surface area contributed by atoms with Crippen molar-refractivity contribution >= 4 is 7.92 Å². The van der Waals surface area contributed by atoms with Gasteiger partial charge in [-0.3, -0.25) is 0 Å². The maximum Gasteiger partial charge on any atom is 0.172 e. The van der Waals surface area contributed by atoms with Gasteiger partial charge in [-0.05, 0) is 47.2 Å². The van der Waals surface area contributed by atoms with Crippen LogP contribution in [0.2, 0.25) is 0 Å². The zero-order valence-corrected chi connectivity index (χ0v) is 13.2. The van der Waals surface area contributed by atoms with Crippen LogP contribution in [0.5, 0.6) is 0 Å². The lowest BCUT2D eigenvalue weighted by Crippen LogP contribution is -2.68. The van der Waals surface area contributed by atoms with Crippen LogP contribution in [-0.2, 0) is 14.2 Å². The summed E-state index contributed by atoms with van der Waals surface area (Å²) in [5, 5.41) is 0.0283. The van der Waals surface area contributed by atoms with Crippen LogP contribution in [0.15, 0.2) is 0 Å². The highest BCUT2D eigenvalue weighted by atomic mass is 31.1. The van der Waals surface area contributed by atoms with Gasteiger partial charge in [0.05, 0.1) is 10.7 Å². The predicted molar refractivity (Wildman–Crippen MR) is 75.3 cm³/mol. The molecule has 0 N–H and O–H groups in total. The fourth-order valence-electron chi connectivity index (χ4n) is 5.13. The molecule has 0 aromatic carbocycles. The highest BCUT2D eigenvalue weighted by molar-refractivity contribution is 7.61. The van der Waals surface area contributed by atoms with Gasteiger partial charge in [-0.2, -0.15) is 0 Å². The summed E-state index contributed by atoms with van der Waals surface area (Å²) in [4.78, 5) is 0. The van der Waals surface area contributed by atoms with Gasteiger partial charge in [0, 0.05) is 12.8 Å². The summed E-state index contributed by atoms with van der Waals surface area (Å²) in [7, 11) is -0.244. The average Bonchev–Trinajstić information content (AvgIpc) is 2.24. The highest BCUT2D eigenvalue weighted by Crippen LogP contribution is 2.77. The molecule has 108 valence electrons. The smallest absolute Gasteiger partial charge is 0.172 e. The van der Waals surface area contributed by atoms with Crippen molar-refractivity contribution in [2.45, 2.75) is 94.1 Å². The van der Waals surface area contributed by atoms with Gasteiger partial charge in [0.2, 0.25) is 0 Å². The first-order valence-corrected chi connectivity index (χ1v) is 9.19. The van der Waals surface area contributed by atoms with Gasteiger partial charge in [-0.1, -0.05) is 19.3 Å². The summed E-state index contributed by atoms with van der Waals surface area (Å²) < 4.78 is 18.7. The molecule has 4 aliphatic heterocycles. The van der Waals surface area contributed by atoms with Gasteiger partial charge in [-0.25, -0.2) is 0 Å². The van der Waals surface area contributed by atoms with Gasteiger partial charge >= 0.3 is 0 Å². The Morgan fingerprint density at radius 1 is 0.947 bits per heavy atom. The van der Waals surface area contributed by atoms with Crippen molar-refractivity contribution in [3.8, 4) is 0 Å². The highest BCUT2D eigenvalue weighted by Gasteiger charge is 2.68. The molecule has 5 rings (SSSR count). The summed E-state index contributed by atoms with van der Waals surface area (Å²) in [6.45, 7) is 6.77. The Kier molecular flexibility index (Phi) is 2.70. The van der Waals surface area contributed by atoms with E-state index in [4.69, 9.17) is 14.2 Å². The molecule has 4 bridgehead atoms. The Balaban J connectivity index is 1.70. The van der Waals surface area contributed by atoms with Crippen molar-refractivity contribution in [3.05, 3.63) is 0 Å². The van der Waals surface area contributed by atoms with E-state index in [1.807, 2.05) is 0 Å². The van der Waals surface area contributed by atoms with Crippen molar-refractivity contribution in [1.82, 2.24) is 0 Å². The Labute approximate surface area is 117 Å². The van der Waals surface area contributed by atoms with Crippen LogP contribution in [0, 0.1) is 0 Å². The third kappa shape index (κ3) is 1.85. The maximum absolute atomic E-state index is 6.46. The second kappa shape index (κ2) is 3.94. The van der Waals surface area contributed by atoms with Crippen molar-refractivity contribution in [2.24, 2.45) is 0 Å². The number of ether oxygens (including phenoxy) is 3. The monoisotopic (exact) mass is 284 g/mol. The van der Waals surface area contributed by atoms with E-state index < -0.39 is 5.79 Å². The standard InChI is InChI=1S/C15H25O3P/c1-13-10-15(3)17-12(16-13)9-14(2,18-13)19(15)11-7-5-4-6-8-11/h11-12H,4-10H2,1-3H3/t12-,13-,14+,15+,19?/m1/s1. The first-order valence-electron chi connectivity index (χ1n) is 7.78. The number of rotatable bonds is 1. The molecule has 3 nitrogen and oxygen atoms in total. The van der Waals surface area contributed by atoms with E-state index in [1.165, 1.54) is 32.1 Å². The Morgan fingerprint density at radius 3 is 2.32 bits per heavy atom. The van der Waals surface area contributed by atoms with Gasteiger partial charge in [0.1, 0.15) is 0 Å². The van der Waals surface area contributed by atoms with Crippen LogP contribution in [-0.4, -0.2) is 28.4 Å². The summed E-state index contributed by atoms with van der Waals surface area (Å²) >= 11 is 0. The molecule has 5 atom stereocenters. The second-order valence-electron chi connectivity index (χ2n) is 7.29. The molecule has 1 saturated carbocycles. The molecule has 4 saturated heterocycles. The van der Waals surface area contributed by atoms with Gasteiger partial charge in [-0.15, -0.1) is 0 Å². The first-order chi connectivity index (χ1) is 8.93. The molecule has 1 aliphatic carbocycles. The molecule has 4 heterocycles. The first kappa shape index (κ1) is 13.0. The minimum absolute atomic E-state index is 0.0141. The lowest BCUT2D eigenvalue weighted by Gasteiger charge is -2.68. The summed E-state index contributed by atoms with van der Waals surface area (Å²) in [5.41, 5.74) is 0.836. The zero-order valence-electron chi connectivity index (χ0n) is 12.3. The third-order valence-corrected chi connectivity index (χ3v) is 9.18. The van der Waals surface area contributed by atoms with Crippen LogP contribution >= 0.6 is 7.92 Å². The SMILES string of the molecule is C[C@]12C[C@@]3(C)O[C@H](C[C@@](C)(O1)P3C1CCCCC1)O2. The molecule has 0 spiro atoms. The normalized spacial score (nSPS) is 57.6. The molecule has 5 fully saturated rings. The number of hydrogen-bond acceptors (Lipinski definition) is 3. The fraction of sp³-hybridized carbons (Fsp3) is 1.00. The Bertz CT molecular complexity index is 373. The third-order valence-electron chi connectivity index (χ3n) is 5.36. The van der Waals surface area contributed by atoms with Crippen molar-refractivity contribution in [2.75, 3.05) is 0 Å². The van der Waals surface area contributed by atoms with E-state index in [0.29, 0.717) is 0 Å². The van der Waals surface area contributed by atoms with E-state index in [9.17, 15) is 0 Å². The van der Waals surface area contributed by atoms with Crippen molar-refractivity contribution < 1.29 is 14.2 Å². The lowest BCUT2D eigenvalue weighted by molar-refractivity contribution is -0.428. The van der Waals surface area contributed by atoms with Crippen molar-refractivity contribution in [1.29, 1.82) is 0 Å². The van der Waals surface area contributed by atoms with E-state index in [0.717, 1.165) is 18.5 Å². The number of hydrogen-bond donors (Lipinski definition) is 0. The molecule has 0 amide bonds. The molecule has 1 unspecified atom stereocenters. The minimum Gasteiger partial charge on any atom is -0.341 e. The van der Waals surface area contributed by atoms with Gasteiger partial charge < -0.3 is 14.2 Å². The van der Waals surface area contributed by atoms with E-state index in [2.05, 4.69) is 20.8 Å². The van der Waals surface area contributed by atoms with E-state index in [-0.39, 0.29) is 24.9 Å². The molecule has 4 heteroatoms. The molecule has 0 aromatic heterocycles. The largest absolute Gasteiger partial charge is 0.341 e. The maximum atomic E-state index is 6.46. The molecule has 0 radical (unpaired) electrons. The molecular formula is C15H25O3P. The fourth-order valence-corrected chi connectivity index (χ4v) is 9.88. The van der Waals surface area contributed by atoms with Gasteiger partial charge in [0.15, 0.2) is 12.1 Å². The van der Waals surface area contributed by atoms with Crippen LogP contribution in [0.4, 0.5) is 0 Å². The van der Waals surface area contributed by atoms with Crippen LogP contribution in [0.25, 0.3) is 0 Å². The Hall–Kier alpha value is 0.310. The summed E-state index contributed by atoms with van der Waals surface area (Å²) in [6.07, 6.45) is 8.77. The minimum atomic E-state index is -0.405. The lowest BCUT2D eigenvalue weighted by atomic mass is 10.00. The Morgan fingerprint density at radius 2 is 1.68 bits per heavy atom.